The predicted octanol–water partition coefficient (Wildman–Crippen LogP) is 3.56. The first-order chi connectivity index (χ1) is 9.16. The molecule has 0 aliphatic carbocycles. The lowest BCUT2D eigenvalue weighted by atomic mass is 10.0. The van der Waals surface area contributed by atoms with Crippen LogP contribution >= 0.6 is 15.9 Å². The highest BCUT2D eigenvalue weighted by atomic mass is 79.9. The van der Waals surface area contributed by atoms with Crippen LogP contribution in [0.3, 0.4) is 0 Å². The summed E-state index contributed by atoms with van der Waals surface area (Å²) in [6.45, 7) is 1.69. The van der Waals surface area contributed by atoms with Gasteiger partial charge in [-0.3, -0.25) is 4.79 Å². The van der Waals surface area contributed by atoms with Crippen LogP contribution in [0.1, 0.15) is 30.5 Å². The van der Waals surface area contributed by atoms with Crippen LogP contribution < -0.4 is 5.73 Å². The molecule has 0 saturated carbocycles. The maximum Gasteiger partial charge on any atom is 0.419 e. The van der Waals surface area contributed by atoms with Gasteiger partial charge in [0.2, 0.25) is 0 Å². The highest BCUT2D eigenvalue weighted by Crippen LogP contribution is 2.36. The van der Waals surface area contributed by atoms with Gasteiger partial charge in [0.1, 0.15) is 5.82 Å². The van der Waals surface area contributed by atoms with Crippen molar-refractivity contribution in [1.82, 2.24) is 0 Å². The van der Waals surface area contributed by atoms with Crippen LogP contribution in [0.4, 0.5) is 17.6 Å². The van der Waals surface area contributed by atoms with Crippen molar-refractivity contribution in [3.05, 3.63) is 33.5 Å². The number of benzene rings is 1. The van der Waals surface area contributed by atoms with Gasteiger partial charge in [0, 0.05) is 16.1 Å². The van der Waals surface area contributed by atoms with Crippen molar-refractivity contribution in [1.29, 1.82) is 0 Å². The second kappa shape index (κ2) is 6.53. The van der Waals surface area contributed by atoms with Gasteiger partial charge in [0.25, 0.3) is 0 Å². The summed E-state index contributed by atoms with van der Waals surface area (Å²) in [7, 11) is 0. The highest BCUT2D eigenvalue weighted by molar-refractivity contribution is 9.10. The van der Waals surface area contributed by atoms with Gasteiger partial charge in [0.05, 0.1) is 18.6 Å². The number of halogens is 5. The summed E-state index contributed by atoms with van der Waals surface area (Å²) in [5, 5.41) is 0. The first-order valence-electron chi connectivity index (χ1n) is 5.64. The van der Waals surface area contributed by atoms with Gasteiger partial charge in [-0.25, -0.2) is 4.39 Å². The summed E-state index contributed by atoms with van der Waals surface area (Å²) in [5.74, 6) is -2.18. The molecule has 0 spiro atoms. The van der Waals surface area contributed by atoms with Crippen molar-refractivity contribution in [3.8, 4) is 0 Å². The Morgan fingerprint density at radius 2 is 2.05 bits per heavy atom. The normalized spacial score (nSPS) is 13.2. The third-order valence-electron chi connectivity index (χ3n) is 2.46. The molecule has 0 fully saturated rings. The number of hydrogen-bond donors (Lipinski definition) is 1. The molecule has 0 amide bonds. The lowest BCUT2D eigenvalue weighted by Crippen LogP contribution is -2.20. The zero-order valence-electron chi connectivity index (χ0n) is 10.4. The van der Waals surface area contributed by atoms with Gasteiger partial charge < -0.3 is 10.5 Å². The number of carbonyl (C=O) groups excluding carboxylic acids is 1. The zero-order chi connectivity index (χ0) is 15.5. The molecule has 0 radical (unpaired) electrons. The highest BCUT2D eigenvalue weighted by Gasteiger charge is 2.36. The second-order valence-corrected chi connectivity index (χ2v) is 4.89. The summed E-state index contributed by atoms with van der Waals surface area (Å²) >= 11 is 2.87. The fourth-order valence-corrected chi connectivity index (χ4v) is 2.07. The Morgan fingerprint density at radius 1 is 1.45 bits per heavy atom. The number of hydrogen-bond acceptors (Lipinski definition) is 3. The van der Waals surface area contributed by atoms with E-state index in [0.29, 0.717) is 6.07 Å². The number of esters is 1. The van der Waals surface area contributed by atoms with Crippen molar-refractivity contribution < 1.29 is 27.1 Å². The number of nitrogens with two attached hydrogens (primary N) is 1. The summed E-state index contributed by atoms with van der Waals surface area (Å²) in [6.07, 6.45) is -5.25. The van der Waals surface area contributed by atoms with E-state index >= 15 is 0 Å². The van der Waals surface area contributed by atoms with Crippen LogP contribution in [0.2, 0.25) is 0 Å². The lowest BCUT2D eigenvalue weighted by Gasteiger charge is -2.16. The third kappa shape index (κ3) is 4.17. The molecule has 2 N–H and O–H groups in total. The van der Waals surface area contributed by atoms with Gasteiger partial charge in [-0.15, -0.1) is 0 Å². The summed E-state index contributed by atoms with van der Waals surface area (Å²) in [6, 6.07) is 0.525. The molecular weight excluding hydrogens is 346 g/mol. The molecule has 0 unspecified atom stereocenters. The van der Waals surface area contributed by atoms with E-state index in [0.717, 1.165) is 6.07 Å². The molecule has 0 aliphatic rings. The number of rotatable bonds is 4. The van der Waals surface area contributed by atoms with E-state index in [1.165, 1.54) is 0 Å². The molecule has 0 aromatic heterocycles. The van der Waals surface area contributed by atoms with Crippen LogP contribution in [0, 0.1) is 5.82 Å². The van der Waals surface area contributed by atoms with E-state index in [1.807, 2.05) is 0 Å². The minimum atomic E-state index is -4.84. The molecule has 0 saturated heterocycles. The summed E-state index contributed by atoms with van der Waals surface area (Å²) < 4.78 is 56.5. The molecule has 20 heavy (non-hydrogen) atoms. The maximum atomic E-state index is 13.9. The van der Waals surface area contributed by atoms with E-state index in [9.17, 15) is 22.4 Å². The van der Waals surface area contributed by atoms with Gasteiger partial charge in [-0.05, 0) is 19.1 Å². The van der Waals surface area contributed by atoms with E-state index in [2.05, 4.69) is 20.7 Å². The Hall–Kier alpha value is -1.15. The van der Waals surface area contributed by atoms with Crippen molar-refractivity contribution in [2.75, 3.05) is 6.61 Å². The van der Waals surface area contributed by atoms with Crippen molar-refractivity contribution in [2.24, 2.45) is 5.73 Å². The Balaban J connectivity index is 3.12. The fourth-order valence-electron chi connectivity index (χ4n) is 1.60. The third-order valence-corrected chi connectivity index (χ3v) is 2.92. The molecule has 1 aromatic rings. The number of alkyl halides is 3. The van der Waals surface area contributed by atoms with Crippen LogP contribution in [-0.2, 0) is 15.7 Å². The average molecular weight is 358 g/mol. The Morgan fingerprint density at radius 3 is 2.55 bits per heavy atom. The number of ether oxygens (including phenoxy) is 1. The van der Waals surface area contributed by atoms with Crippen LogP contribution in [-0.4, -0.2) is 12.6 Å². The van der Waals surface area contributed by atoms with E-state index in [4.69, 9.17) is 5.73 Å². The number of carbonyl (C=O) groups is 1. The minimum absolute atomic E-state index is 0.0283. The van der Waals surface area contributed by atoms with Gasteiger partial charge >= 0.3 is 12.1 Å². The molecule has 112 valence electrons. The van der Waals surface area contributed by atoms with Gasteiger partial charge in [0.15, 0.2) is 0 Å². The molecule has 0 bridgehead atoms. The Bertz CT molecular complexity index is 505. The predicted molar refractivity (Wildman–Crippen MR) is 67.3 cm³/mol. The average Bonchev–Trinajstić information content (AvgIpc) is 2.30. The first kappa shape index (κ1) is 16.9. The van der Waals surface area contributed by atoms with Gasteiger partial charge in [-0.2, -0.15) is 13.2 Å². The standard InChI is InChI=1S/C12H12BrF4NO2/c1-2-20-10(19)5-9(18)7-3-6(13)4-8(11(7)14)12(15,16)17/h3-4,9H,2,5,18H2,1H3/t9-/m0/s1. The second-order valence-electron chi connectivity index (χ2n) is 3.97. The lowest BCUT2D eigenvalue weighted by molar-refractivity contribution is -0.143. The largest absolute Gasteiger partial charge is 0.466 e. The van der Waals surface area contributed by atoms with Crippen LogP contribution in [0.15, 0.2) is 16.6 Å². The summed E-state index contributed by atoms with van der Waals surface area (Å²) in [5.41, 5.74) is 3.76. The van der Waals surface area contributed by atoms with E-state index in [-0.39, 0.29) is 16.6 Å². The van der Waals surface area contributed by atoms with Crippen molar-refractivity contribution in [2.45, 2.75) is 25.6 Å². The molecule has 3 nitrogen and oxygen atoms in total. The molecule has 1 atom stereocenters. The van der Waals surface area contributed by atoms with Crippen molar-refractivity contribution >= 4 is 21.9 Å². The minimum Gasteiger partial charge on any atom is -0.466 e. The van der Waals surface area contributed by atoms with Crippen molar-refractivity contribution in [3.63, 3.8) is 0 Å². The van der Waals surface area contributed by atoms with E-state index < -0.39 is 36.0 Å². The first-order valence-corrected chi connectivity index (χ1v) is 6.43. The molecule has 1 rings (SSSR count). The summed E-state index contributed by atoms with van der Waals surface area (Å²) in [4.78, 5) is 11.2. The molecule has 8 heteroatoms. The molecule has 1 aromatic carbocycles. The SMILES string of the molecule is CCOC(=O)C[C@H](N)c1cc(Br)cc(C(F)(F)F)c1F. The monoisotopic (exact) mass is 357 g/mol. The smallest absolute Gasteiger partial charge is 0.419 e. The van der Waals surface area contributed by atoms with Crippen LogP contribution in [0.25, 0.3) is 0 Å². The topological polar surface area (TPSA) is 52.3 Å². The van der Waals surface area contributed by atoms with Gasteiger partial charge in [-0.1, -0.05) is 15.9 Å². The van der Waals surface area contributed by atoms with Crippen LogP contribution in [0.5, 0.6) is 0 Å². The Labute approximate surface area is 121 Å². The fraction of sp³-hybridized carbons (Fsp3) is 0.417. The maximum absolute atomic E-state index is 13.9. The molecule has 0 heterocycles. The Kier molecular flexibility index (Phi) is 5.52. The van der Waals surface area contributed by atoms with E-state index in [1.54, 1.807) is 6.92 Å². The molecular formula is C12H12BrF4NO2. The molecule has 0 aliphatic heterocycles. The quantitative estimate of drug-likeness (QED) is 0.662. The zero-order valence-corrected chi connectivity index (χ0v) is 12.0.